The number of fused-ring (bicyclic) bond motifs is 4. The molecule has 6 rings (SSSR count). The molecule has 0 saturated carbocycles. The van der Waals surface area contributed by atoms with Gasteiger partial charge < -0.3 is 27.3 Å². The molecule has 2 aromatic heterocycles. The second-order valence-corrected chi connectivity index (χ2v) is 9.98. The summed E-state index contributed by atoms with van der Waals surface area (Å²) in [5.41, 5.74) is 5.06. The maximum absolute atomic E-state index is 15.8. The summed E-state index contributed by atoms with van der Waals surface area (Å²) >= 11 is 0. The van der Waals surface area contributed by atoms with Crippen LogP contribution in [0.2, 0.25) is 0 Å². The molecule has 38 heavy (non-hydrogen) atoms. The van der Waals surface area contributed by atoms with Crippen LogP contribution >= 0.6 is 0 Å². The molecule has 0 bridgehead atoms. The molecule has 3 aliphatic rings. The van der Waals surface area contributed by atoms with Gasteiger partial charge in [-0.05, 0) is 68.4 Å². The lowest BCUT2D eigenvalue weighted by Crippen LogP contribution is -2.51. The number of anilines is 1. The van der Waals surface area contributed by atoms with Gasteiger partial charge in [0.1, 0.15) is 11.3 Å². The van der Waals surface area contributed by atoms with E-state index in [-0.39, 0.29) is 11.5 Å². The Labute approximate surface area is 217 Å². The first kappa shape index (κ1) is 23.9. The third kappa shape index (κ3) is 3.51. The highest BCUT2D eigenvalue weighted by molar-refractivity contribution is 6.58. The number of hydrogen-bond donors (Lipinski definition) is 1. The number of allylic oxidation sites excluding steroid dienone is 4. The molecule has 6 nitrogen and oxygen atoms in total. The molecule has 3 aliphatic heterocycles. The molecule has 9 heteroatoms. The number of carbonyl (C=O) groups excluding carboxylic acids is 1. The number of hydrogen-bond acceptors (Lipinski definition) is 3. The van der Waals surface area contributed by atoms with Crippen molar-refractivity contribution < 1.29 is 22.3 Å². The van der Waals surface area contributed by atoms with Crippen LogP contribution in [0, 0.1) is 25.7 Å². The van der Waals surface area contributed by atoms with Crippen LogP contribution in [0.3, 0.4) is 0 Å². The summed E-state index contributed by atoms with van der Waals surface area (Å²) in [4.78, 5) is 25.0. The molecule has 190 valence electrons. The largest absolute Gasteiger partial charge is 0.737 e. The first-order valence-electron chi connectivity index (χ1n) is 12.4. The SMILES string of the molecule is CC1=CC(C)=[N+]2C1=C(/C=C/c1cc3cc4c(cc3oc1=O)C#CCCC(=O)N4)c1c(C)cc(C)n1[B-]2(F)F. The number of benzene rings is 1. The average molecular weight is 511 g/mol. The van der Waals surface area contributed by atoms with Gasteiger partial charge in [0.05, 0.1) is 22.4 Å². The number of halogens is 2. The van der Waals surface area contributed by atoms with Crippen molar-refractivity contribution >= 4 is 46.9 Å². The monoisotopic (exact) mass is 511 g/mol. The minimum Gasteiger partial charge on any atom is -0.422 e. The number of carbonyl (C=O) groups is 1. The Kier molecular flexibility index (Phi) is 5.22. The molecule has 0 spiro atoms. The molecule has 1 aromatic carbocycles. The van der Waals surface area contributed by atoms with Crippen molar-refractivity contribution in [1.29, 1.82) is 0 Å². The Hall–Kier alpha value is -4.45. The highest BCUT2D eigenvalue weighted by Crippen LogP contribution is 2.42. The van der Waals surface area contributed by atoms with E-state index in [4.69, 9.17) is 4.42 Å². The van der Waals surface area contributed by atoms with Gasteiger partial charge >= 0.3 is 12.6 Å². The maximum atomic E-state index is 15.8. The molecule has 1 N–H and O–H groups in total. The molecule has 5 heterocycles. The minimum absolute atomic E-state index is 0.133. The smallest absolute Gasteiger partial charge is 0.422 e. The van der Waals surface area contributed by atoms with E-state index in [1.165, 1.54) is 0 Å². The van der Waals surface area contributed by atoms with Crippen molar-refractivity contribution in [2.75, 3.05) is 5.32 Å². The zero-order valence-corrected chi connectivity index (χ0v) is 21.4. The summed E-state index contributed by atoms with van der Waals surface area (Å²) in [5, 5.41) is 3.47. The van der Waals surface area contributed by atoms with Gasteiger partial charge in [0.2, 0.25) is 5.91 Å². The van der Waals surface area contributed by atoms with E-state index >= 15 is 8.63 Å². The Balaban J connectivity index is 1.52. The summed E-state index contributed by atoms with van der Waals surface area (Å²) in [7, 11) is 0. The van der Waals surface area contributed by atoms with E-state index in [0.29, 0.717) is 63.4 Å². The summed E-state index contributed by atoms with van der Waals surface area (Å²) in [6, 6.07) is 6.81. The lowest BCUT2D eigenvalue weighted by atomic mass is 9.86. The Morgan fingerprint density at radius 3 is 2.68 bits per heavy atom. The molecule has 0 fully saturated rings. The minimum atomic E-state index is -4.07. The van der Waals surface area contributed by atoms with Crippen molar-refractivity contribution in [1.82, 2.24) is 4.48 Å². The van der Waals surface area contributed by atoms with E-state index < -0.39 is 12.6 Å². The van der Waals surface area contributed by atoms with Gasteiger partial charge in [-0.2, -0.15) is 0 Å². The lowest BCUT2D eigenvalue weighted by molar-refractivity contribution is -0.363. The molecular weight excluding hydrogens is 487 g/mol. The Morgan fingerprint density at radius 1 is 1.11 bits per heavy atom. The van der Waals surface area contributed by atoms with E-state index in [9.17, 15) is 9.59 Å². The number of aromatic nitrogens is 1. The summed E-state index contributed by atoms with van der Waals surface area (Å²) < 4.78 is 39.4. The Morgan fingerprint density at radius 2 is 1.89 bits per heavy atom. The number of aryl methyl sites for hydroxylation is 2. The third-order valence-electron chi connectivity index (χ3n) is 7.27. The molecule has 0 radical (unpaired) electrons. The summed E-state index contributed by atoms with van der Waals surface area (Å²) in [5.74, 6) is 5.83. The summed E-state index contributed by atoms with van der Waals surface area (Å²) in [6.07, 6.45) is 5.83. The van der Waals surface area contributed by atoms with E-state index in [2.05, 4.69) is 17.2 Å². The fraction of sp³-hybridized carbons (Fsp3) is 0.207. The van der Waals surface area contributed by atoms with Gasteiger partial charge in [-0.1, -0.05) is 11.8 Å². The van der Waals surface area contributed by atoms with Crippen molar-refractivity contribution in [2.24, 2.45) is 0 Å². The maximum Gasteiger partial charge on any atom is 0.737 e. The number of nitrogens with zero attached hydrogens (tertiary/aromatic N) is 2. The van der Waals surface area contributed by atoms with Crippen LogP contribution < -0.4 is 10.9 Å². The van der Waals surface area contributed by atoms with Crippen molar-refractivity contribution in [2.45, 2.75) is 40.5 Å². The van der Waals surface area contributed by atoms with Gasteiger partial charge in [-0.15, -0.1) is 0 Å². The number of rotatable bonds is 2. The van der Waals surface area contributed by atoms with Crippen molar-refractivity contribution in [3.05, 3.63) is 86.2 Å². The predicted molar refractivity (Wildman–Crippen MR) is 145 cm³/mol. The highest BCUT2D eigenvalue weighted by Gasteiger charge is 2.54. The fourth-order valence-electron chi connectivity index (χ4n) is 5.73. The van der Waals surface area contributed by atoms with Gasteiger partial charge in [-0.3, -0.25) is 4.79 Å². The third-order valence-corrected chi connectivity index (χ3v) is 7.27. The lowest BCUT2D eigenvalue weighted by Gasteiger charge is -2.33. The topological polar surface area (TPSA) is 67.2 Å². The normalized spacial score (nSPS) is 17.9. The molecule has 1 amide bonds. The van der Waals surface area contributed by atoms with Crippen LogP contribution in [-0.4, -0.2) is 27.6 Å². The van der Waals surface area contributed by atoms with Crippen LogP contribution in [0.25, 0.3) is 22.6 Å². The highest BCUT2D eigenvalue weighted by atomic mass is 19.2. The van der Waals surface area contributed by atoms with Crippen molar-refractivity contribution in [3.8, 4) is 11.8 Å². The molecular formula is C29H24BF2N3O3. The average Bonchev–Trinajstić information content (AvgIpc) is 3.31. The van der Waals surface area contributed by atoms with Gasteiger partial charge in [0.25, 0.3) is 0 Å². The molecule has 0 unspecified atom stereocenters. The molecule has 3 aromatic rings. The van der Waals surface area contributed by atoms with Crippen LogP contribution in [0.4, 0.5) is 14.3 Å². The molecule has 0 atom stereocenters. The Bertz CT molecular complexity index is 1860. The standard InChI is InChI=1S/C29H24BF2N3O3/c1-16-11-18(3)34-27(16)23(28-17(2)12-19(4)35(28)30(34,31)32)10-9-21-13-22-14-24-20(15-25(22)38-29(21)37)7-5-6-8-26(36)33-24/h9-15H,6,8H2,1-4H3,(H,33,36)/b10-9+. The van der Waals surface area contributed by atoms with E-state index in [1.807, 2.05) is 13.8 Å². The second kappa shape index (κ2) is 8.28. The van der Waals surface area contributed by atoms with Gasteiger partial charge in [0, 0.05) is 42.5 Å². The van der Waals surface area contributed by atoms with Crippen LogP contribution in [0.15, 0.2) is 56.9 Å². The first-order valence-corrected chi connectivity index (χ1v) is 12.4. The van der Waals surface area contributed by atoms with E-state index in [0.717, 1.165) is 20.1 Å². The zero-order chi connectivity index (χ0) is 26.9. The molecule has 0 saturated heterocycles. The van der Waals surface area contributed by atoms with E-state index in [1.54, 1.807) is 56.3 Å². The number of amides is 1. The zero-order valence-electron chi connectivity index (χ0n) is 21.4. The predicted octanol–water partition coefficient (Wildman–Crippen LogP) is 5.39. The van der Waals surface area contributed by atoms with Gasteiger partial charge in [0.15, 0.2) is 5.70 Å². The van der Waals surface area contributed by atoms with Crippen LogP contribution in [-0.2, 0) is 4.79 Å². The van der Waals surface area contributed by atoms with Crippen molar-refractivity contribution in [3.63, 3.8) is 0 Å². The van der Waals surface area contributed by atoms with Gasteiger partial charge in [-0.25, -0.2) is 4.79 Å². The summed E-state index contributed by atoms with van der Waals surface area (Å²) in [6.45, 7) is 2.91. The quantitative estimate of drug-likeness (QED) is 0.285. The van der Waals surface area contributed by atoms with Crippen LogP contribution in [0.5, 0.6) is 0 Å². The first-order chi connectivity index (χ1) is 18.1. The molecule has 0 aliphatic carbocycles. The van der Waals surface area contributed by atoms with Crippen LogP contribution in [0.1, 0.15) is 54.8 Å². The fourth-order valence-corrected chi connectivity index (χ4v) is 5.73. The number of nitrogens with one attached hydrogen (secondary N) is 1. The second-order valence-electron chi connectivity index (χ2n) is 9.98.